The molecule has 1 amide bonds. The summed E-state index contributed by atoms with van der Waals surface area (Å²) in [4.78, 5) is 22.3. The van der Waals surface area contributed by atoms with Crippen LogP contribution in [0.2, 0.25) is 0 Å². The topological polar surface area (TPSA) is 103 Å². The Bertz CT molecular complexity index is 851. The van der Waals surface area contributed by atoms with Crippen LogP contribution in [0, 0.1) is 22.7 Å². The highest BCUT2D eigenvalue weighted by atomic mass is 16.5. The summed E-state index contributed by atoms with van der Waals surface area (Å²) in [6.45, 7) is 1.06. The number of ether oxygens (including phenoxy) is 1. The van der Waals surface area contributed by atoms with E-state index in [1.807, 2.05) is 12.1 Å². The summed E-state index contributed by atoms with van der Waals surface area (Å²) >= 11 is 0. The summed E-state index contributed by atoms with van der Waals surface area (Å²) < 4.78 is 5.80. The molecular formula is C18H15N5O2. The number of aromatic nitrogens is 2. The number of hydrogen-bond donors (Lipinski definition) is 0. The SMILES string of the molecule is N#Cc1ccc(C(=O)N2CCC[C@@H](Oc3nccnc3C#N)C2)cc1. The minimum absolute atomic E-state index is 0.0996. The van der Waals surface area contributed by atoms with Crippen LogP contribution in [0.1, 0.15) is 34.5 Å². The van der Waals surface area contributed by atoms with E-state index >= 15 is 0 Å². The standard InChI is InChI=1S/C18H15N5O2/c19-10-13-3-5-14(6-4-13)18(24)23-9-1-2-15(12-23)25-17-16(11-20)21-7-8-22-17/h3-8,15H,1-2,9,12H2/t15-/m1/s1. The molecule has 0 radical (unpaired) electrons. The Morgan fingerprint density at radius 3 is 2.64 bits per heavy atom. The zero-order valence-corrected chi connectivity index (χ0v) is 13.4. The number of carbonyl (C=O) groups excluding carboxylic acids is 1. The number of nitrogens with zero attached hydrogens (tertiary/aromatic N) is 5. The molecule has 1 aliphatic heterocycles. The van der Waals surface area contributed by atoms with Crippen LogP contribution in [0.15, 0.2) is 36.7 Å². The highest BCUT2D eigenvalue weighted by molar-refractivity contribution is 5.94. The van der Waals surface area contributed by atoms with Crippen LogP contribution >= 0.6 is 0 Å². The van der Waals surface area contributed by atoms with Crippen molar-refractivity contribution in [3.05, 3.63) is 53.5 Å². The van der Waals surface area contributed by atoms with E-state index < -0.39 is 0 Å². The van der Waals surface area contributed by atoms with Gasteiger partial charge in [-0.25, -0.2) is 9.97 Å². The van der Waals surface area contributed by atoms with E-state index in [1.54, 1.807) is 29.2 Å². The van der Waals surface area contributed by atoms with Gasteiger partial charge in [-0.15, -0.1) is 0 Å². The highest BCUT2D eigenvalue weighted by Crippen LogP contribution is 2.20. The van der Waals surface area contributed by atoms with Gasteiger partial charge in [0.2, 0.25) is 5.69 Å². The number of benzene rings is 1. The van der Waals surface area contributed by atoms with Crippen molar-refractivity contribution in [2.45, 2.75) is 18.9 Å². The van der Waals surface area contributed by atoms with Gasteiger partial charge in [0.05, 0.1) is 18.2 Å². The van der Waals surface area contributed by atoms with Crippen LogP contribution in [0.4, 0.5) is 0 Å². The lowest BCUT2D eigenvalue weighted by atomic mass is 10.1. The second-order valence-corrected chi connectivity index (χ2v) is 5.64. The molecule has 1 aromatic carbocycles. The highest BCUT2D eigenvalue weighted by Gasteiger charge is 2.26. The van der Waals surface area contributed by atoms with Crippen molar-refractivity contribution in [1.29, 1.82) is 10.5 Å². The molecule has 1 aromatic heterocycles. The Labute approximate surface area is 145 Å². The van der Waals surface area contributed by atoms with E-state index in [4.69, 9.17) is 15.3 Å². The smallest absolute Gasteiger partial charge is 0.253 e. The Balaban J connectivity index is 1.69. The van der Waals surface area contributed by atoms with Crippen molar-refractivity contribution in [3.8, 4) is 18.0 Å². The van der Waals surface area contributed by atoms with Gasteiger partial charge in [-0.2, -0.15) is 10.5 Å². The van der Waals surface area contributed by atoms with Crippen LogP contribution in [-0.4, -0.2) is 40.0 Å². The molecule has 0 saturated carbocycles. The zero-order valence-electron chi connectivity index (χ0n) is 13.4. The molecule has 0 unspecified atom stereocenters. The first kappa shape index (κ1) is 16.4. The average molecular weight is 333 g/mol. The molecular weight excluding hydrogens is 318 g/mol. The molecule has 1 aliphatic rings. The Hall–Kier alpha value is -3.45. The lowest BCUT2D eigenvalue weighted by molar-refractivity contribution is 0.0526. The van der Waals surface area contributed by atoms with E-state index in [-0.39, 0.29) is 23.6 Å². The van der Waals surface area contributed by atoms with Crippen molar-refractivity contribution in [1.82, 2.24) is 14.9 Å². The average Bonchev–Trinajstić information content (AvgIpc) is 2.68. The van der Waals surface area contributed by atoms with Gasteiger partial charge in [-0.05, 0) is 37.1 Å². The van der Waals surface area contributed by atoms with Gasteiger partial charge < -0.3 is 9.64 Å². The molecule has 3 rings (SSSR count). The summed E-state index contributed by atoms with van der Waals surface area (Å²) in [6.07, 6.45) is 4.25. The summed E-state index contributed by atoms with van der Waals surface area (Å²) in [7, 11) is 0. The second kappa shape index (κ2) is 7.41. The summed E-state index contributed by atoms with van der Waals surface area (Å²) in [5.74, 6) is 0.0973. The van der Waals surface area contributed by atoms with Crippen LogP contribution in [-0.2, 0) is 0 Å². The molecule has 2 heterocycles. The van der Waals surface area contributed by atoms with E-state index in [0.29, 0.717) is 24.2 Å². The molecule has 1 atom stereocenters. The van der Waals surface area contributed by atoms with Crippen LogP contribution < -0.4 is 4.74 Å². The Morgan fingerprint density at radius 1 is 1.16 bits per heavy atom. The molecule has 1 fully saturated rings. The van der Waals surface area contributed by atoms with Gasteiger partial charge >= 0.3 is 0 Å². The number of nitriles is 2. The van der Waals surface area contributed by atoms with E-state index in [0.717, 1.165) is 12.8 Å². The molecule has 0 bridgehead atoms. The lowest BCUT2D eigenvalue weighted by Crippen LogP contribution is -2.44. The minimum Gasteiger partial charge on any atom is -0.470 e. The van der Waals surface area contributed by atoms with E-state index in [2.05, 4.69) is 9.97 Å². The molecule has 0 aliphatic carbocycles. The zero-order chi connectivity index (χ0) is 17.6. The van der Waals surface area contributed by atoms with Gasteiger partial charge in [-0.1, -0.05) is 0 Å². The predicted molar refractivity (Wildman–Crippen MR) is 87.5 cm³/mol. The van der Waals surface area contributed by atoms with Gasteiger partial charge in [0.25, 0.3) is 11.8 Å². The number of hydrogen-bond acceptors (Lipinski definition) is 6. The Kier molecular flexibility index (Phi) is 4.87. The Morgan fingerprint density at radius 2 is 1.92 bits per heavy atom. The van der Waals surface area contributed by atoms with E-state index in [9.17, 15) is 4.79 Å². The lowest BCUT2D eigenvalue weighted by Gasteiger charge is -2.32. The first-order valence-electron chi connectivity index (χ1n) is 7.88. The molecule has 124 valence electrons. The fraction of sp³-hybridized carbons (Fsp3) is 0.278. The predicted octanol–water partition coefficient (Wildman–Crippen LogP) is 1.90. The van der Waals surface area contributed by atoms with Gasteiger partial charge in [0.15, 0.2) is 0 Å². The maximum Gasteiger partial charge on any atom is 0.253 e. The molecule has 0 spiro atoms. The molecule has 1 saturated heterocycles. The third-order valence-electron chi connectivity index (χ3n) is 3.98. The van der Waals surface area contributed by atoms with Crippen LogP contribution in [0.5, 0.6) is 5.88 Å². The minimum atomic E-state index is -0.236. The van der Waals surface area contributed by atoms with Crippen molar-refractivity contribution < 1.29 is 9.53 Å². The third-order valence-corrected chi connectivity index (χ3v) is 3.98. The van der Waals surface area contributed by atoms with Crippen molar-refractivity contribution in [3.63, 3.8) is 0 Å². The second-order valence-electron chi connectivity index (χ2n) is 5.64. The van der Waals surface area contributed by atoms with Gasteiger partial charge in [-0.3, -0.25) is 4.79 Å². The third kappa shape index (κ3) is 3.73. The van der Waals surface area contributed by atoms with Gasteiger partial charge in [0, 0.05) is 24.5 Å². The van der Waals surface area contributed by atoms with Crippen molar-refractivity contribution in [2.75, 3.05) is 13.1 Å². The molecule has 7 nitrogen and oxygen atoms in total. The van der Waals surface area contributed by atoms with E-state index in [1.165, 1.54) is 12.4 Å². The number of amides is 1. The van der Waals surface area contributed by atoms with Crippen LogP contribution in [0.25, 0.3) is 0 Å². The summed E-state index contributed by atoms with van der Waals surface area (Å²) in [6, 6.07) is 10.6. The number of likely N-dealkylation sites (tertiary alicyclic amines) is 1. The number of carbonyl (C=O) groups is 1. The number of rotatable bonds is 3. The monoisotopic (exact) mass is 333 g/mol. The normalized spacial score (nSPS) is 16.6. The number of piperidine rings is 1. The van der Waals surface area contributed by atoms with Crippen molar-refractivity contribution >= 4 is 5.91 Å². The molecule has 7 heteroatoms. The van der Waals surface area contributed by atoms with Gasteiger partial charge in [0.1, 0.15) is 12.2 Å². The maximum atomic E-state index is 12.6. The summed E-state index contributed by atoms with van der Waals surface area (Å²) in [5.41, 5.74) is 1.19. The fourth-order valence-electron chi connectivity index (χ4n) is 2.73. The first-order valence-corrected chi connectivity index (χ1v) is 7.88. The molecule has 25 heavy (non-hydrogen) atoms. The first-order chi connectivity index (χ1) is 12.2. The summed E-state index contributed by atoms with van der Waals surface area (Å²) in [5, 5.41) is 17.9. The molecule has 0 N–H and O–H groups in total. The fourth-order valence-corrected chi connectivity index (χ4v) is 2.73. The maximum absolute atomic E-state index is 12.6. The largest absolute Gasteiger partial charge is 0.470 e. The van der Waals surface area contributed by atoms with Crippen molar-refractivity contribution in [2.24, 2.45) is 0 Å². The molecule has 2 aromatic rings. The van der Waals surface area contributed by atoms with Crippen LogP contribution in [0.3, 0.4) is 0 Å². The quantitative estimate of drug-likeness (QED) is 0.850.